The Hall–Kier alpha value is -3.22. The van der Waals surface area contributed by atoms with E-state index in [2.05, 4.69) is 15.3 Å². The normalized spacial score (nSPS) is 15.2. The molecule has 0 atom stereocenters. The zero-order valence-corrected chi connectivity index (χ0v) is 14.2. The molecule has 7 heteroatoms. The summed E-state index contributed by atoms with van der Waals surface area (Å²) in [6.45, 7) is 1.38. The number of carbonyl (C=O) groups is 2. The fourth-order valence-corrected chi connectivity index (χ4v) is 3.32. The number of nitrogens with one attached hydrogen (secondary N) is 1. The van der Waals surface area contributed by atoms with Crippen LogP contribution in [0.5, 0.6) is 0 Å². The Bertz CT molecular complexity index is 877. The van der Waals surface area contributed by atoms with Crippen LogP contribution in [0.1, 0.15) is 45.2 Å². The third kappa shape index (κ3) is 3.15. The maximum absolute atomic E-state index is 12.7. The van der Waals surface area contributed by atoms with E-state index >= 15 is 0 Å². The van der Waals surface area contributed by atoms with Gasteiger partial charge in [-0.25, -0.2) is 4.68 Å². The molecule has 0 saturated carbocycles. The molecule has 132 valence electrons. The smallest absolute Gasteiger partial charge is 0.253 e. The Labute approximate surface area is 150 Å². The summed E-state index contributed by atoms with van der Waals surface area (Å²) in [7, 11) is 0. The zero-order chi connectivity index (χ0) is 17.9. The summed E-state index contributed by atoms with van der Waals surface area (Å²) < 4.78 is 1.86. The van der Waals surface area contributed by atoms with Crippen molar-refractivity contribution in [3.63, 3.8) is 0 Å². The van der Waals surface area contributed by atoms with Crippen LogP contribution in [-0.2, 0) is 0 Å². The van der Waals surface area contributed by atoms with Gasteiger partial charge in [0.1, 0.15) is 0 Å². The molecule has 1 aliphatic rings. The van der Waals surface area contributed by atoms with Gasteiger partial charge in [-0.05, 0) is 31.0 Å². The fraction of sp³-hybridized carbons (Fsp3) is 0.263. The lowest BCUT2D eigenvalue weighted by Gasteiger charge is -2.31. The molecule has 1 amide bonds. The standard InChI is InChI=1S/C19H19N5O2/c25-18(16-5-8-20-13-16)14-1-3-15(4-2-14)19(26)23-10-6-17(7-11-23)24-12-9-21-22-24/h1-5,8-9,12-13,17,20H,6-7,10-11H2. The number of carbonyl (C=O) groups excluding carboxylic acids is 2. The van der Waals surface area contributed by atoms with Crippen molar-refractivity contribution in [2.75, 3.05) is 13.1 Å². The van der Waals surface area contributed by atoms with Gasteiger partial charge in [-0.2, -0.15) is 0 Å². The SMILES string of the molecule is O=C(c1ccc(C(=O)N2CCC(n3ccnn3)CC2)cc1)c1cc[nH]c1. The molecule has 1 aromatic carbocycles. The largest absolute Gasteiger partial charge is 0.367 e. The van der Waals surface area contributed by atoms with Crippen LogP contribution in [0.25, 0.3) is 0 Å². The van der Waals surface area contributed by atoms with E-state index in [1.165, 1.54) is 0 Å². The minimum atomic E-state index is -0.0566. The number of likely N-dealkylation sites (tertiary alicyclic amines) is 1. The third-order valence-electron chi connectivity index (χ3n) is 4.82. The monoisotopic (exact) mass is 349 g/mol. The van der Waals surface area contributed by atoms with Crippen LogP contribution in [0.2, 0.25) is 0 Å². The predicted molar refractivity (Wildman–Crippen MR) is 94.9 cm³/mol. The number of hydrogen-bond donors (Lipinski definition) is 1. The number of H-pyrrole nitrogens is 1. The summed E-state index contributed by atoms with van der Waals surface area (Å²) in [5.41, 5.74) is 1.79. The molecule has 0 bridgehead atoms. The number of nitrogens with zero attached hydrogens (tertiary/aromatic N) is 4. The number of piperidine rings is 1. The van der Waals surface area contributed by atoms with Gasteiger partial charge in [0, 0.05) is 48.4 Å². The lowest BCUT2D eigenvalue weighted by molar-refractivity contribution is 0.0689. The van der Waals surface area contributed by atoms with E-state index in [-0.39, 0.29) is 11.7 Å². The lowest BCUT2D eigenvalue weighted by atomic mass is 10.0. The molecule has 0 aliphatic carbocycles. The quantitative estimate of drug-likeness (QED) is 0.733. The predicted octanol–water partition coefficient (Wildman–Crippen LogP) is 2.31. The van der Waals surface area contributed by atoms with Crippen LogP contribution in [0.3, 0.4) is 0 Å². The molecule has 1 saturated heterocycles. The van der Waals surface area contributed by atoms with Crippen LogP contribution in [0, 0.1) is 0 Å². The molecule has 1 fully saturated rings. The highest BCUT2D eigenvalue weighted by atomic mass is 16.2. The number of amides is 1. The first-order valence-electron chi connectivity index (χ1n) is 8.65. The van der Waals surface area contributed by atoms with E-state index in [1.807, 2.05) is 15.8 Å². The molecular formula is C19H19N5O2. The Morgan fingerprint density at radius 2 is 1.73 bits per heavy atom. The van der Waals surface area contributed by atoms with Crippen molar-refractivity contribution in [1.29, 1.82) is 0 Å². The van der Waals surface area contributed by atoms with Gasteiger partial charge in [-0.1, -0.05) is 17.3 Å². The first kappa shape index (κ1) is 16.3. The molecule has 0 radical (unpaired) electrons. The number of aromatic nitrogens is 4. The fourth-order valence-electron chi connectivity index (χ4n) is 3.32. The maximum atomic E-state index is 12.7. The number of aromatic amines is 1. The number of rotatable bonds is 4. The van der Waals surface area contributed by atoms with Crippen LogP contribution in [0.4, 0.5) is 0 Å². The number of benzene rings is 1. The lowest BCUT2D eigenvalue weighted by Crippen LogP contribution is -2.39. The molecule has 7 nitrogen and oxygen atoms in total. The highest BCUT2D eigenvalue weighted by Crippen LogP contribution is 2.22. The highest BCUT2D eigenvalue weighted by Gasteiger charge is 2.25. The van der Waals surface area contributed by atoms with Gasteiger partial charge in [0.25, 0.3) is 5.91 Å². The Kier molecular flexibility index (Phi) is 4.35. The van der Waals surface area contributed by atoms with Gasteiger partial charge in [-0.15, -0.1) is 5.10 Å². The second kappa shape index (κ2) is 6.95. The van der Waals surface area contributed by atoms with Gasteiger partial charge >= 0.3 is 0 Å². The summed E-state index contributed by atoms with van der Waals surface area (Å²) in [6.07, 6.45) is 8.64. The average Bonchev–Trinajstić information content (AvgIpc) is 3.41. The number of ketones is 1. The van der Waals surface area contributed by atoms with Crippen molar-refractivity contribution >= 4 is 11.7 Å². The van der Waals surface area contributed by atoms with Crippen molar-refractivity contribution in [1.82, 2.24) is 24.9 Å². The molecule has 1 aliphatic heterocycles. The van der Waals surface area contributed by atoms with E-state index in [0.717, 1.165) is 12.8 Å². The van der Waals surface area contributed by atoms with E-state index < -0.39 is 0 Å². The second-order valence-electron chi connectivity index (χ2n) is 6.41. The van der Waals surface area contributed by atoms with Crippen LogP contribution in [0.15, 0.2) is 55.1 Å². The van der Waals surface area contributed by atoms with Crippen LogP contribution >= 0.6 is 0 Å². The van der Waals surface area contributed by atoms with Gasteiger partial charge < -0.3 is 9.88 Å². The third-order valence-corrected chi connectivity index (χ3v) is 4.82. The van der Waals surface area contributed by atoms with Gasteiger partial charge in [0.2, 0.25) is 0 Å². The van der Waals surface area contributed by atoms with E-state index in [1.54, 1.807) is 48.9 Å². The summed E-state index contributed by atoms with van der Waals surface area (Å²) in [5.74, 6) is -0.0541. The summed E-state index contributed by atoms with van der Waals surface area (Å²) >= 11 is 0. The second-order valence-corrected chi connectivity index (χ2v) is 6.41. The zero-order valence-electron chi connectivity index (χ0n) is 14.2. The van der Waals surface area contributed by atoms with Crippen molar-refractivity contribution in [2.24, 2.45) is 0 Å². The summed E-state index contributed by atoms with van der Waals surface area (Å²) in [6, 6.07) is 8.91. The van der Waals surface area contributed by atoms with Crippen LogP contribution in [-0.4, -0.2) is 49.7 Å². The summed E-state index contributed by atoms with van der Waals surface area (Å²) in [5, 5.41) is 7.89. The maximum Gasteiger partial charge on any atom is 0.253 e. The van der Waals surface area contributed by atoms with E-state index in [4.69, 9.17) is 0 Å². The first-order chi connectivity index (χ1) is 12.7. The topological polar surface area (TPSA) is 83.9 Å². The molecule has 3 heterocycles. The highest BCUT2D eigenvalue weighted by molar-refractivity contribution is 6.09. The Balaban J connectivity index is 1.40. The molecule has 3 aromatic rings. The molecule has 0 unspecified atom stereocenters. The Morgan fingerprint density at radius 1 is 1.00 bits per heavy atom. The van der Waals surface area contributed by atoms with Crippen molar-refractivity contribution in [3.8, 4) is 0 Å². The first-order valence-corrected chi connectivity index (χ1v) is 8.65. The molecule has 4 rings (SSSR count). The van der Waals surface area contributed by atoms with E-state index in [9.17, 15) is 9.59 Å². The van der Waals surface area contributed by atoms with Crippen molar-refractivity contribution in [2.45, 2.75) is 18.9 Å². The molecular weight excluding hydrogens is 330 g/mol. The van der Waals surface area contributed by atoms with Gasteiger partial charge in [0.05, 0.1) is 12.2 Å². The van der Waals surface area contributed by atoms with E-state index in [0.29, 0.717) is 35.8 Å². The Morgan fingerprint density at radius 3 is 2.35 bits per heavy atom. The minimum absolute atomic E-state index is 0.00248. The summed E-state index contributed by atoms with van der Waals surface area (Å²) in [4.78, 5) is 29.7. The number of hydrogen-bond acceptors (Lipinski definition) is 4. The minimum Gasteiger partial charge on any atom is -0.367 e. The molecule has 1 N–H and O–H groups in total. The van der Waals surface area contributed by atoms with Gasteiger partial charge in [-0.3, -0.25) is 9.59 Å². The van der Waals surface area contributed by atoms with Gasteiger partial charge in [0.15, 0.2) is 5.78 Å². The molecule has 0 spiro atoms. The molecule has 26 heavy (non-hydrogen) atoms. The van der Waals surface area contributed by atoms with Crippen molar-refractivity contribution in [3.05, 3.63) is 71.8 Å². The molecule has 2 aromatic heterocycles. The van der Waals surface area contributed by atoms with Crippen molar-refractivity contribution < 1.29 is 9.59 Å². The van der Waals surface area contributed by atoms with Crippen LogP contribution < -0.4 is 0 Å². The average molecular weight is 349 g/mol.